The van der Waals surface area contributed by atoms with E-state index in [1.165, 1.54) is 12.1 Å². The molecule has 198 valence electrons. The molecule has 0 aliphatic carbocycles. The first-order valence-corrected chi connectivity index (χ1v) is 11.1. The number of esters is 2. The molecule has 0 spiro atoms. The third kappa shape index (κ3) is 6.57. The number of carbonyl (C=O) groups is 4. The van der Waals surface area contributed by atoms with Gasteiger partial charge >= 0.3 is 17.6 Å². The van der Waals surface area contributed by atoms with Crippen molar-refractivity contribution in [3.63, 3.8) is 0 Å². The highest BCUT2D eigenvalue weighted by molar-refractivity contribution is 6.01. The minimum Gasteiger partial charge on any atom is -0.468 e. The molecule has 0 saturated carbocycles. The molecule has 0 fully saturated rings. The minimum atomic E-state index is -1.16. The summed E-state index contributed by atoms with van der Waals surface area (Å²) < 4.78 is 23.8. The average molecular weight is 526 g/mol. The lowest BCUT2D eigenvalue weighted by atomic mass is 10.2. The first kappa shape index (κ1) is 27.5. The summed E-state index contributed by atoms with van der Waals surface area (Å²) in [5.41, 5.74) is 3.98. The Kier molecular flexibility index (Phi) is 8.87. The molecular weight excluding hydrogens is 503 g/mol. The molecule has 0 unspecified atom stereocenters. The van der Waals surface area contributed by atoms with E-state index < -0.39 is 71.8 Å². The molecule has 0 aliphatic heterocycles. The van der Waals surface area contributed by atoms with E-state index in [4.69, 9.17) is 10.5 Å². The molecule has 0 atom stereocenters. The van der Waals surface area contributed by atoms with E-state index in [-0.39, 0.29) is 12.1 Å². The highest BCUT2D eigenvalue weighted by Crippen LogP contribution is 2.10. The van der Waals surface area contributed by atoms with Gasteiger partial charge in [-0.05, 0) is 29.8 Å². The summed E-state index contributed by atoms with van der Waals surface area (Å²) in [6, 6.07) is 13.1. The molecular formula is C25H23FN4O8. The van der Waals surface area contributed by atoms with Gasteiger partial charge in [-0.25, -0.2) is 13.8 Å². The molecule has 0 aliphatic rings. The predicted octanol–water partition coefficient (Wildman–Crippen LogP) is 0.109. The summed E-state index contributed by atoms with van der Waals surface area (Å²) in [5, 5.41) is 2.25. The van der Waals surface area contributed by atoms with Gasteiger partial charge in [0.1, 0.15) is 30.3 Å². The SMILES string of the molecule is COC(=O)Cn1c(=O)c(C(=O)COC(=O)CNC(=O)c2ccc(F)cc2)c(N)n(Cc2ccccc2)c1=O. The van der Waals surface area contributed by atoms with Crippen LogP contribution in [0.3, 0.4) is 0 Å². The lowest BCUT2D eigenvalue weighted by Crippen LogP contribution is -2.46. The molecule has 38 heavy (non-hydrogen) atoms. The Balaban J connectivity index is 1.80. The summed E-state index contributed by atoms with van der Waals surface area (Å²) in [7, 11) is 1.06. The van der Waals surface area contributed by atoms with Gasteiger partial charge in [0.2, 0.25) is 5.78 Å². The van der Waals surface area contributed by atoms with Gasteiger partial charge in [-0.15, -0.1) is 0 Å². The predicted molar refractivity (Wildman–Crippen MR) is 131 cm³/mol. The van der Waals surface area contributed by atoms with Crippen LogP contribution in [0.4, 0.5) is 10.2 Å². The molecule has 13 heteroatoms. The van der Waals surface area contributed by atoms with Crippen molar-refractivity contribution < 1.29 is 33.0 Å². The molecule has 0 radical (unpaired) electrons. The second-order valence-corrected chi connectivity index (χ2v) is 7.86. The number of ketones is 1. The van der Waals surface area contributed by atoms with Gasteiger partial charge in [0, 0.05) is 5.56 Å². The number of carbonyl (C=O) groups excluding carboxylic acids is 4. The highest BCUT2D eigenvalue weighted by atomic mass is 19.1. The van der Waals surface area contributed by atoms with E-state index >= 15 is 0 Å². The molecule has 0 bridgehead atoms. The molecule has 3 rings (SSSR count). The monoisotopic (exact) mass is 526 g/mol. The molecule has 12 nitrogen and oxygen atoms in total. The zero-order valence-electron chi connectivity index (χ0n) is 20.1. The summed E-state index contributed by atoms with van der Waals surface area (Å²) in [5.74, 6) is -4.67. The number of hydrogen-bond acceptors (Lipinski definition) is 9. The van der Waals surface area contributed by atoms with Gasteiger partial charge in [-0.1, -0.05) is 30.3 Å². The summed E-state index contributed by atoms with van der Waals surface area (Å²) >= 11 is 0. The maximum Gasteiger partial charge on any atom is 0.333 e. The lowest BCUT2D eigenvalue weighted by Gasteiger charge is -2.16. The zero-order valence-corrected chi connectivity index (χ0v) is 20.1. The van der Waals surface area contributed by atoms with Gasteiger partial charge < -0.3 is 20.5 Å². The van der Waals surface area contributed by atoms with Crippen molar-refractivity contribution in [2.24, 2.45) is 0 Å². The van der Waals surface area contributed by atoms with Crippen LogP contribution in [0, 0.1) is 5.82 Å². The first-order valence-electron chi connectivity index (χ1n) is 11.1. The van der Waals surface area contributed by atoms with E-state index in [9.17, 15) is 33.2 Å². The van der Waals surface area contributed by atoms with Gasteiger partial charge in [-0.3, -0.25) is 28.5 Å². The number of aromatic nitrogens is 2. The van der Waals surface area contributed by atoms with E-state index in [1.807, 2.05) is 0 Å². The Bertz CT molecular complexity index is 1480. The Morgan fingerprint density at radius 2 is 1.61 bits per heavy atom. The highest BCUT2D eigenvalue weighted by Gasteiger charge is 2.25. The van der Waals surface area contributed by atoms with Crippen LogP contribution in [0.1, 0.15) is 26.3 Å². The molecule has 3 aromatic rings. The summed E-state index contributed by atoms with van der Waals surface area (Å²) in [6.07, 6.45) is 0. The van der Waals surface area contributed by atoms with Crippen molar-refractivity contribution in [2.75, 3.05) is 26.0 Å². The molecule has 3 N–H and O–H groups in total. The van der Waals surface area contributed by atoms with Crippen molar-refractivity contribution in [3.8, 4) is 0 Å². The fraction of sp³-hybridized carbons (Fsp3) is 0.200. The smallest absolute Gasteiger partial charge is 0.333 e. The van der Waals surface area contributed by atoms with Crippen LogP contribution in [0.5, 0.6) is 0 Å². The number of amides is 1. The standard InChI is InChI=1S/C25H23FN4O8/c1-37-20(33)13-30-24(35)21(22(27)29(25(30)36)12-15-5-3-2-4-6-15)18(31)14-38-19(32)11-28-23(34)16-7-9-17(26)10-8-16/h2-10H,11-14,27H2,1H3,(H,28,34). The van der Waals surface area contributed by atoms with Crippen LogP contribution in [0.15, 0.2) is 64.2 Å². The van der Waals surface area contributed by atoms with Crippen molar-refractivity contribution in [1.82, 2.24) is 14.5 Å². The fourth-order valence-corrected chi connectivity index (χ4v) is 3.35. The number of ether oxygens (including phenoxy) is 2. The van der Waals surface area contributed by atoms with E-state index in [0.29, 0.717) is 10.1 Å². The second kappa shape index (κ2) is 12.3. The van der Waals surface area contributed by atoms with E-state index in [1.54, 1.807) is 30.3 Å². The van der Waals surface area contributed by atoms with Crippen molar-refractivity contribution >= 4 is 29.4 Å². The Morgan fingerprint density at radius 1 is 0.947 bits per heavy atom. The topological polar surface area (TPSA) is 169 Å². The molecule has 1 heterocycles. The maximum absolute atomic E-state index is 13.0. The fourth-order valence-electron chi connectivity index (χ4n) is 3.35. The van der Waals surface area contributed by atoms with Crippen LogP contribution in [0.2, 0.25) is 0 Å². The van der Waals surface area contributed by atoms with E-state index in [2.05, 4.69) is 10.1 Å². The number of rotatable bonds is 10. The number of nitrogens with one attached hydrogen (secondary N) is 1. The van der Waals surface area contributed by atoms with Crippen LogP contribution in [0.25, 0.3) is 0 Å². The Morgan fingerprint density at radius 3 is 2.24 bits per heavy atom. The number of halogens is 1. The van der Waals surface area contributed by atoms with Gasteiger partial charge in [0.25, 0.3) is 11.5 Å². The van der Waals surface area contributed by atoms with Crippen LogP contribution < -0.4 is 22.3 Å². The summed E-state index contributed by atoms with van der Waals surface area (Å²) in [6.45, 7) is -2.47. The third-order valence-electron chi connectivity index (χ3n) is 5.31. The second-order valence-electron chi connectivity index (χ2n) is 7.86. The van der Waals surface area contributed by atoms with Crippen molar-refractivity contribution in [2.45, 2.75) is 13.1 Å². The van der Waals surface area contributed by atoms with Crippen molar-refractivity contribution in [1.29, 1.82) is 0 Å². The van der Waals surface area contributed by atoms with Crippen LogP contribution in [-0.4, -0.2) is 53.0 Å². The lowest BCUT2D eigenvalue weighted by molar-refractivity contribution is -0.142. The number of anilines is 1. The first-order chi connectivity index (χ1) is 18.1. The number of nitrogens with zero attached hydrogens (tertiary/aromatic N) is 2. The normalized spacial score (nSPS) is 10.5. The molecule has 1 amide bonds. The maximum atomic E-state index is 13.0. The number of nitrogens with two attached hydrogens (primary N) is 1. The summed E-state index contributed by atoms with van der Waals surface area (Å²) in [4.78, 5) is 74.7. The average Bonchev–Trinajstić information content (AvgIpc) is 2.91. The Hall–Kier alpha value is -5.07. The largest absolute Gasteiger partial charge is 0.468 e. The Labute approximate surface area is 214 Å². The molecule has 1 aromatic heterocycles. The molecule has 2 aromatic carbocycles. The number of Topliss-reactive ketones (excluding diaryl/α,β-unsaturated/α-hetero) is 1. The molecule has 0 saturated heterocycles. The van der Waals surface area contributed by atoms with Crippen molar-refractivity contribution in [3.05, 3.63) is 97.9 Å². The number of hydrogen-bond donors (Lipinski definition) is 2. The minimum absolute atomic E-state index is 0.0925. The number of methoxy groups -OCH3 is 1. The van der Waals surface area contributed by atoms with Crippen LogP contribution >= 0.6 is 0 Å². The quantitative estimate of drug-likeness (QED) is 0.275. The zero-order chi connectivity index (χ0) is 27.8. The number of nitrogen functional groups attached to an aromatic ring is 1. The van der Waals surface area contributed by atoms with Gasteiger partial charge in [-0.2, -0.15) is 0 Å². The third-order valence-corrected chi connectivity index (χ3v) is 5.31. The van der Waals surface area contributed by atoms with Gasteiger partial charge in [0.15, 0.2) is 6.61 Å². The van der Waals surface area contributed by atoms with E-state index in [0.717, 1.165) is 23.8 Å². The van der Waals surface area contributed by atoms with Crippen LogP contribution in [-0.2, 0) is 32.2 Å². The number of benzene rings is 2. The van der Waals surface area contributed by atoms with Gasteiger partial charge in [0.05, 0.1) is 13.7 Å².